The number of carbonyl (C=O) groups is 2. The van der Waals surface area contributed by atoms with Crippen LogP contribution >= 0.6 is 11.6 Å². The Morgan fingerprint density at radius 1 is 1.28 bits per heavy atom. The van der Waals surface area contributed by atoms with Gasteiger partial charge in [0.2, 0.25) is 5.91 Å². The summed E-state index contributed by atoms with van der Waals surface area (Å²) >= 11 is 5.92. The van der Waals surface area contributed by atoms with Crippen molar-refractivity contribution in [1.29, 1.82) is 0 Å². The zero-order valence-electron chi connectivity index (χ0n) is 14.9. The van der Waals surface area contributed by atoms with E-state index in [0.29, 0.717) is 18.1 Å². The predicted octanol–water partition coefficient (Wildman–Crippen LogP) is 3.87. The molecule has 1 N–H and O–H groups in total. The average Bonchev–Trinajstić information content (AvgIpc) is 2.52. The average molecular weight is 365 g/mol. The summed E-state index contributed by atoms with van der Waals surface area (Å²) in [5, 5.41) is 3.61. The molecule has 0 bridgehead atoms. The SMILES string of the molecule is CC(C)(C)OC(=O)N1CCC(NC(=O)/C=C/c2cccc(Cl)c2)CC1. The van der Waals surface area contributed by atoms with Crippen LogP contribution < -0.4 is 5.32 Å². The molecule has 1 aliphatic heterocycles. The summed E-state index contributed by atoms with van der Waals surface area (Å²) in [7, 11) is 0. The van der Waals surface area contributed by atoms with E-state index in [1.165, 1.54) is 6.08 Å². The third-order valence-corrected chi connectivity index (χ3v) is 4.00. The minimum Gasteiger partial charge on any atom is -0.444 e. The normalized spacial score (nSPS) is 16.1. The number of benzene rings is 1. The van der Waals surface area contributed by atoms with E-state index in [2.05, 4.69) is 5.32 Å². The molecule has 1 aromatic rings. The Hall–Kier alpha value is -2.01. The Bertz CT molecular complexity index is 644. The summed E-state index contributed by atoms with van der Waals surface area (Å²) in [5.74, 6) is -0.143. The van der Waals surface area contributed by atoms with Gasteiger partial charge in [0, 0.05) is 30.2 Å². The van der Waals surface area contributed by atoms with Crippen LogP contribution in [0.25, 0.3) is 6.08 Å². The van der Waals surface area contributed by atoms with Gasteiger partial charge in [0.05, 0.1) is 0 Å². The van der Waals surface area contributed by atoms with Gasteiger partial charge in [-0.2, -0.15) is 0 Å². The number of halogens is 1. The highest BCUT2D eigenvalue weighted by molar-refractivity contribution is 6.30. The van der Waals surface area contributed by atoms with Crippen LogP contribution in [0.4, 0.5) is 4.79 Å². The Labute approximate surface area is 154 Å². The van der Waals surface area contributed by atoms with Gasteiger partial charge in [0.25, 0.3) is 0 Å². The Morgan fingerprint density at radius 3 is 2.56 bits per heavy atom. The molecule has 0 aliphatic carbocycles. The first-order valence-corrected chi connectivity index (χ1v) is 8.83. The highest BCUT2D eigenvalue weighted by atomic mass is 35.5. The number of hydrogen-bond acceptors (Lipinski definition) is 3. The van der Waals surface area contributed by atoms with Crippen LogP contribution in [0.2, 0.25) is 5.02 Å². The van der Waals surface area contributed by atoms with Crippen LogP contribution in [0, 0.1) is 0 Å². The van der Waals surface area contributed by atoms with E-state index in [9.17, 15) is 9.59 Å². The fraction of sp³-hybridized carbons (Fsp3) is 0.474. The van der Waals surface area contributed by atoms with Crippen molar-refractivity contribution in [2.45, 2.75) is 45.3 Å². The molecular weight excluding hydrogens is 340 g/mol. The van der Waals surface area contributed by atoms with Gasteiger partial charge in [-0.05, 0) is 57.4 Å². The van der Waals surface area contributed by atoms with Crippen LogP contribution in [0.15, 0.2) is 30.3 Å². The van der Waals surface area contributed by atoms with Gasteiger partial charge in [0.1, 0.15) is 5.60 Å². The van der Waals surface area contributed by atoms with Crippen molar-refractivity contribution in [2.24, 2.45) is 0 Å². The summed E-state index contributed by atoms with van der Waals surface area (Å²) in [6, 6.07) is 7.37. The lowest BCUT2D eigenvalue weighted by atomic mass is 10.1. The van der Waals surface area contributed by atoms with Gasteiger partial charge in [-0.25, -0.2) is 4.79 Å². The molecule has 1 heterocycles. The van der Waals surface area contributed by atoms with Crippen LogP contribution in [0.1, 0.15) is 39.2 Å². The van der Waals surface area contributed by atoms with Crippen molar-refractivity contribution in [3.63, 3.8) is 0 Å². The molecule has 0 radical (unpaired) electrons. The number of ether oxygens (including phenoxy) is 1. The second-order valence-electron chi connectivity index (χ2n) is 7.14. The molecule has 0 atom stereocenters. The number of piperidine rings is 1. The highest BCUT2D eigenvalue weighted by Gasteiger charge is 2.27. The van der Waals surface area contributed by atoms with E-state index in [0.717, 1.165) is 18.4 Å². The molecule has 25 heavy (non-hydrogen) atoms. The number of carbonyl (C=O) groups excluding carboxylic acids is 2. The van der Waals surface area contributed by atoms with Crippen molar-refractivity contribution in [3.8, 4) is 0 Å². The third-order valence-electron chi connectivity index (χ3n) is 3.77. The number of amides is 2. The van der Waals surface area contributed by atoms with Crippen molar-refractivity contribution < 1.29 is 14.3 Å². The van der Waals surface area contributed by atoms with Gasteiger partial charge >= 0.3 is 6.09 Å². The number of hydrogen-bond donors (Lipinski definition) is 1. The van der Waals surface area contributed by atoms with Gasteiger partial charge in [-0.3, -0.25) is 4.79 Å². The molecule has 1 saturated heterocycles. The maximum absolute atomic E-state index is 12.0. The van der Waals surface area contributed by atoms with E-state index in [1.54, 1.807) is 23.1 Å². The van der Waals surface area contributed by atoms with E-state index in [-0.39, 0.29) is 18.0 Å². The van der Waals surface area contributed by atoms with Crippen LogP contribution in [0.3, 0.4) is 0 Å². The molecule has 6 heteroatoms. The van der Waals surface area contributed by atoms with Gasteiger partial charge in [0.15, 0.2) is 0 Å². The molecule has 0 saturated carbocycles. The molecule has 2 rings (SSSR count). The Morgan fingerprint density at radius 2 is 1.96 bits per heavy atom. The fourth-order valence-electron chi connectivity index (χ4n) is 2.56. The molecule has 1 aromatic carbocycles. The van der Waals surface area contributed by atoms with Crippen LogP contribution in [0.5, 0.6) is 0 Å². The Balaban J connectivity index is 1.78. The number of nitrogens with one attached hydrogen (secondary N) is 1. The van der Waals surface area contributed by atoms with Gasteiger partial charge in [-0.1, -0.05) is 23.7 Å². The monoisotopic (exact) mass is 364 g/mol. The summed E-state index contributed by atoms with van der Waals surface area (Å²) in [6.07, 6.45) is 4.38. The van der Waals surface area contributed by atoms with E-state index < -0.39 is 5.60 Å². The lowest BCUT2D eigenvalue weighted by Crippen LogP contribution is -2.47. The predicted molar refractivity (Wildman–Crippen MR) is 99.5 cm³/mol. The molecule has 136 valence electrons. The number of likely N-dealkylation sites (tertiary alicyclic amines) is 1. The lowest BCUT2D eigenvalue weighted by molar-refractivity contribution is -0.117. The molecule has 0 aromatic heterocycles. The van der Waals surface area contributed by atoms with Crippen molar-refractivity contribution >= 4 is 29.7 Å². The fourth-order valence-corrected chi connectivity index (χ4v) is 2.76. The van der Waals surface area contributed by atoms with Crippen LogP contribution in [-0.2, 0) is 9.53 Å². The zero-order valence-corrected chi connectivity index (χ0v) is 15.7. The van der Waals surface area contributed by atoms with E-state index in [1.807, 2.05) is 32.9 Å². The van der Waals surface area contributed by atoms with Crippen molar-refractivity contribution in [3.05, 3.63) is 40.9 Å². The zero-order chi connectivity index (χ0) is 18.4. The first-order chi connectivity index (χ1) is 11.7. The summed E-state index contributed by atoms with van der Waals surface area (Å²) in [4.78, 5) is 25.8. The highest BCUT2D eigenvalue weighted by Crippen LogP contribution is 2.16. The maximum atomic E-state index is 12.0. The van der Waals surface area contributed by atoms with E-state index in [4.69, 9.17) is 16.3 Å². The maximum Gasteiger partial charge on any atom is 0.410 e. The smallest absolute Gasteiger partial charge is 0.410 e. The molecule has 5 nitrogen and oxygen atoms in total. The molecule has 0 unspecified atom stereocenters. The van der Waals surface area contributed by atoms with Crippen molar-refractivity contribution in [2.75, 3.05) is 13.1 Å². The standard InChI is InChI=1S/C19H25ClN2O3/c1-19(2,3)25-18(24)22-11-9-16(10-12-22)21-17(23)8-7-14-5-4-6-15(20)13-14/h4-8,13,16H,9-12H2,1-3H3,(H,21,23)/b8-7+. The summed E-state index contributed by atoms with van der Waals surface area (Å²) < 4.78 is 5.37. The Kier molecular flexibility index (Phi) is 6.48. The number of rotatable bonds is 3. The summed E-state index contributed by atoms with van der Waals surface area (Å²) in [5.41, 5.74) is 0.384. The topological polar surface area (TPSA) is 58.6 Å². The van der Waals surface area contributed by atoms with Gasteiger partial charge < -0.3 is 15.0 Å². The summed E-state index contributed by atoms with van der Waals surface area (Å²) in [6.45, 7) is 6.72. The molecule has 0 spiro atoms. The number of nitrogens with zero attached hydrogens (tertiary/aromatic N) is 1. The molecule has 1 fully saturated rings. The molecular formula is C19H25ClN2O3. The molecule has 2 amide bonds. The second-order valence-corrected chi connectivity index (χ2v) is 7.58. The van der Waals surface area contributed by atoms with Crippen molar-refractivity contribution in [1.82, 2.24) is 10.2 Å². The lowest BCUT2D eigenvalue weighted by Gasteiger charge is -2.33. The third kappa shape index (κ3) is 6.78. The van der Waals surface area contributed by atoms with E-state index >= 15 is 0 Å². The quantitative estimate of drug-likeness (QED) is 0.828. The minimum atomic E-state index is -0.493. The van der Waals surface area contributed by atoms with Gasteiger partial charge in [-0.15, -0.1) is 0 Å². The second kappa shape index (κ2) is 8.39. The van der Waals surface area contributed by atoms with Crippen LogP contribution in [-0.4, -0.2) is 41.6 Å². The first-order valence-electron chi connectivity index (χ1n) is 8.45. The largest absolute Gasteiger partial charge is 0.444 e. The first kappa shape index (κ1) is 19.3. The minimum absolute atomic E-state index is 0.0650. The molecule has 1 aliphatic rings.